The van der Waals surface area contributed by atoms with E-state index in [-0.39, 0.29) is 18.4 Å². The first-order valence-electron chi connectivity index (χ1n) is 12.0. The Morgan fingerprint density at radius 3 is 2.37 bits per heavy atom. The molecule has 6 rings (SSSR count). The predicted octanol–water partition coefficient (Wildman–Crippen LogP) is 1.87. The van der Waals surface area contributed by atoms with Gasteiger partial charge in [-0.2, -0.15) is 0 Å². The third-order valence-electron chi connectivity index (χ3n) is 7.17. The van der Waals surface area contributed by atoms with Gasteiger partial charge in [0.25, 0.3) is 11.8 Å². The average Bonchev–Trinajstić information content (AvgIpc) is 3.48. The molecule has 1 saturated heterocycles. The molecule has 0 spiro atoms. The molecule has 1 fully saturated rings. The van der Waals surface area contributed by atoms with Crippen molar-refractivity contribution in [2.45, 2.75) is 26.8 Å². The van der Waals surface area contributed by atoms with E-state index in [1.54, 1.807) is 35.1 Å². The maximum Gasteiger partial charge on any atom is 0.261 e. The highest BCUT2D eigenvalue weighted by molar-refractivity contribution is 6.21. The normalized spacial score (nSPS) is 16.7. The third kappa shape index (κ3) is 3.60. The van der Waals surface area contributed by atoms with Crippen LogP contribution in [0.15, 0.2) is 30.6 Å². The van der Waals surface area contributed by atoms with E-state index in [0.29, 0.717) is 23.4 Å². The summed E-state index contributed by atoms with van der Waals surface area (Å²) >= 11 is 0. The molecule has 180 valence electrons. The molecule has 0 bridgehead atoms. The molecule has 2 aliphatic rings. The van der Waals surface area contributed by atoms with Crippen molar-refractivity contribution in [3.05, 3.63) is 58.8 Å². The molecule has 0 atom stereocenters. The Morgan fingerprint density at radius 2 is 1.66 bits per heavy atom. The Kier molecular flexibility index (Phi) is 5.34. The van der Waals surface area contributed by atoms with Crippen LogP contribution in [0.4, 0.5) is 0 Å². The van der Waals surface area contributed by atoms with Gasteiger partial charge in [-0.3, -0.25) is 19.4 Å². The Hall–Kier alpha value is -3.63. The zero-order valence-electron chi connectivity index (χ0n) is 19.9. The zero-order chi connectivity index (χ0) is 24.1. The summed E-state index contributed by atoms with van der Waals surface area (Å²) in [7, 11) is 0. The smallest absolute Gasteiger partial charge is 0.261 e. The molecule has 10 heteroatoms. The van der Waals surface area contributed by atoms with E-state index >= 15 is 0 Å². The topological polar surface area (TPSA) is 97.9 Å². The number of hydrogen-bond acceptors (Lipinski definition) is 7. The van der Waals surface area contributed by atoms with Crippen LogP contribution in [0.5, 0.6) is 0 Å². The van der Waals surface area contributed by atoms with Gasteiger partial charge in [-0.1, -0.05) is 12.1 Å². The SMILES string of the molecule is Cc1c(C)n(CCN2CCOCC2)c2ncn3nc(CCN4C(=O)c5ccccc5C4=O)nc3c12. The van der Waals surface area contributed by atoms with Crippen LogP contribution in [0, 0.1) is 13.8 Å². The van der Waals surface area contributed by atoms with Gasteiger partial charge >= 0.3 is 0 Å². The minimum absolute atomic E-state index is 0.234. The molecule has 35 heavy (non-hydrogen) atoms. The zero-order valence-corrected chi connectivity index (χ0v) is 19.9. The number of fused-ring (bicyclic) bond motifs is 4. The van der Waals surface area contributed by atoms with Gasteiger partial charge in [-0.15, -0.1) is 5.10 Å². The first-order valence-corrected chi connectivity index (χ1v) is 12.0. The van der Waals surface area contributed by atoms with Crippen LogP contribution < -0.4 is 0 Å². The van der Waals surface area contributed by atoms with Crippen molar-refractivity contribution < 1.29 is 14.3 Å². The number of benzene rings is 1. The van der Waals surface area contributed by atoms with E-state index in [1.807, 2.05) is 0 Å². The van der Waals surface area contributed by atoms with E-state index in [9.17, 15) is 9.59 Å². The van der Waals surface area contributed by atoms with Gasteiger partial charge in [0.1, 0.15) is 12.0 Å². The maximum atomic E-state index is 12.7. The molecule has 2 aliphatic heterocycles. The van der Waals surface area contributed by atoms with Gasteiger partial charge in [0.05, 0.1) is 29.7 Å². The summed E-state index contributed by atoms with van der Waals surface area (Å²) in [5, 5.41) is 5.58. The monoisotopic (exact) mass is 473 g/mol. The van der Waals surface area contributed by atoms with Crippen LogP contribution in [-0.2, 0) is 17.7 Å². The summed E-state index contributed by atoms with van der Waals surface area (Å²) in [6.45, 7) is 9.71. The van der Waals surface area contributed by atoms with Crippen molar-refractivity contribution in [3.8, 4) is 0 Å². The van der Waals surface area contributed by atoms with Gasteiger partial charge < -0.3 is 9.30 Å². The van der Waals surface area contributed by atoms with E-state index in [4.69, 9.17) is 14.7 Å². The van der Waals surface area contributed by atoms with Crippen LogP contribution in [0.2, 0.25) is 0 Å². The second kappa shape index (κ2) is 8.54. The molecule has 0 saturated carbocycles. The molecular weight excluding hydrogens is 446 g/mol. The highest BCUT2D eigenvalue weighted by Crippen LogP contribution is 2.27. The van der Waals surface area contributed by atoms with Gasteiger partial charge in [-0.05, 0) is 31.5 Å². The molecule has 0 N–H and O–H groups in total. The maximum absolute atomic E-state index is 12.7. The molecule has 5 heterocycles. The lowest BCUT2D eigenvalue weighted by molar-refractivity contribution is 0.0364. The fraction of sp³-hybridized carbons (Fsp3) is 0.400. The largest absolute Gasteiger partial charge is 0.379 e. The Bertz CT molecular complexity index is 1430. The second-order valence-electron chi connectivity index (χ2n) is 9.11. The lowest BCUT2D eigenvalue weighted by Gasteiger charge is -2.26. The average molecular weight is 474 g/mol. The number of imide groups is 1. The summed E-state index contributed by atoms with van der Waals surface area (Å²) in [5.41, 5.74) is 4.87. The van der Waals surface area contributed by atoms with E-state index in [0.717, 1.165) is 61.6 Å². The molecule has 3 aromatic heterocycles. The fourth-order valence-corrected chi connectivity index (χ4v) is 5.07. The first kappa shape index (κ1) is 21.9. The summed E-state index contributed by atoms with van der Waals surface area (Å²) in [5.74, 6) is 0.0541. The summed E-state index contributed by atoms with van der Waals surface area (Å²) in [4.78, 5) is 38.5. The third-order valence-corrected chi connectivity index (χ3v) is 7.17. The van der Waals surface area contributed by atoms with Crippen molar-refractivity contribution >= 4 is 28.5 Å². The Balaban J connectivity index is 1.25. The van der Waals surface area contributed by atoms with Gasteiger partial charge in [0.2, 0.25) is 0 Å². The molecule has 1 aromatic carbocycles. The summed E-state index contributed by atoms with van der Waals surface area (Å²) < 4.78 is 9.41. The number of ether oxygens (including phenoxy) is 1. The number of nitrogens with zero attached hydrogens (tertiary/aromatic N) is 7. The highest BCUT2D eigenvalue weighted by atomic mass is 16.5. The number of carbonyl (C=O) groups is 2. The number of rotatable bonds is 6. The lowest BCUT2D eigenvalue weighted by atomic mass is 10.1. The number of hydrogen-bond donors (Lipinski definition) is 0. The number of amides is 2. The molecule has 2 amide bonds. The molecular formula is C25H27N7O3. The molecule has 0 aliphatic carbocycles. The Labute approximate surface area is 202 Å². The molecule has 10 nitrogen and oxygen atoms in total. The van der Waals surface area contributed by atoms with Crippen LogP contribution in [-0.4, -0.2) is 85.2 Å². The van der Waals surface area contributed by atoms with Crippen molar-refractivity contribution in [3.63, 3.8) is 0 Å². The fourth-order valence-electron chi connectivity index (χ4n) is 5.07. The van der Waals surface area contributed by atoms with Gasteiger partial charge in [0, 0.05) is 44.8 Å². The number of morpholine rings is 1. The van der Waals surface area contributed by atoms with Crippen molar-refractivity contribution in [1.29, 1.82) is 0 Å². The quantitative estimate of drug-likeness (QED) is 0.394. The van der Waals surface area contributed by atoms with Crippen LogP contribution in [0.3, 0.4) is 0 Å². The van der Waals surface area contributed by atoms with Gasteiger partial charge in [-0.25, -0.2) is 14.5 Å². The Morgan fingerprint density at radius 1 is 0.943 bits per heavy atom. The standard InChI is InChI=1S/C25H27N7O3/c1-16-17(2)30(10-9-29-11-13-35-14-12-29)22-21(16)23-27-20(28-32(23)15-26-22)7-8-31-24(33)18-5-3-4-6-19(18)25(31)34/h3-6,15H,7-14H2,1-2H3. The van der Waals surface area contributed by atoms with Crippen LogP contribution in [0.25, 0.3) is 16.7 Å². The lowest BCUT2D eigenvalue weighted by Crippen LogP contribution is -2.38. The van der Waals surface area contributed by atoms with Gasteiger partial charge in [0.15, 0.2) is 11.5 Å². The van der Waals surface area contributed by atoms with E-state index in [2.05, 4.69) is 28.4 Å². The number of aromatic nitrogens is 5. The van der Waals surface area contributed by atoms with Crippen LogP contribution >= 0.6 is 0 Å². The number of aryl methyl sites for hydroxylation is 1. The second-order valence-corrected chi connectivity index (χ2v) is 9.11. The van der Waals surface area contributed by atoms with E-state index < -0.39 is 0 Å². The van der Waals surface area contributed by atoms with E-state index in [1.165, 1.54) is 10.6 Å². The van der Waals surface area contributed by atoms with Crippen molar-refractivity contribution in [2.24, 2.45) is 0 Å². The molecule has 4 aromatic rings. The summed E-state index contributed by atoms with van der Waals surface area (Å²) in [6, 6.07) is 6.92. The highest BCUT2D eigenvalue weighted by Gasteiger charge is 2.34. The predicted molar refractivity (Wildman–Crippen MR) is 129 cm³/mol. The minimum atomic E-state index is -0.262. The minimum Gasteiger partial charge on any atom is -0.379 e. The van der Waals surface area contributed by atoms with Crippen molar-refractivity contribution in [2.75, 3.05) is 39.4 Å². The molecule has 0 unspecified atom stereocenters. The first-order chi connectivity index (χ1) is 17.0. The van der Waals surface area contributed by atoms with Crippen molar-refractivity contribution in [1.82, 2.24) is 33.9 Å². The number of carbonyl (C=O) groups excluding carboxylic acids is 2. The molecule has 0 radical (unpaired) electrons. The summed E-state index contributed by atoms with van der Waals surface area (Å²) in [6.07, 6.45) is 2.07. The van der Waals surface area contributed by atoms with Crippen LogP contribution in [0.1, 0.15) is 37.8 Å².